The molecule has 170 valence electrons. The lowest BCUT2D eigenvalue weighted by Crippen LogP contribution is -2.08. The topological polar surface area (TPSA) is 69.2 Å². The van der Waals surface area contributed by atoms with Gasteiger partial charge >= 0.3 is 6.18 Å². The van der Waals surface area contributed by atoms with Crippen LogP contribution < -0.4 is 4.74 Å². The Morgan fingerprint density at radius 3 is 2.24 bits per heavy atom. The Balaban J connectivity index is 1.80. The highest BCUT2D eigenvalue weighted by Crippen LogP contribution is 2.39. The minimum Gasteiger partial charge on any atom is -0.457 e. The second-order valence-electron chi connectivity index (χ2n) is 7.31. The minimum absolute atomic E-state index is 0.148. The maximum absolute atomic E-state index is 13.5. The summed E-state index contributed by atoms with van der Waals surface area (Å²) in [6, 6.07) is 14.3. The lowest BCUT2D eigenvalue weighted by atomic mass is 10.0. The second-order valence-corrected chi connectivity index (χ2v) is 9.73. The third-order valence-corrected chi connectivity index (χ3v) is 6.28. The zero-order chi connectivity index (χ0) is 24.0. The number of halogens is 4. The number of rotatable bonds is 4. The molecule has 5 nitrogen and oxygen atoms in total. The van der Waals surface area contributed by atoms with Crippen LogP contribution in [-0.2, 0) is 16.0 Å². The van der Waals surface area contributed by atoms with Crippen LogP contribution >= 0.6 is 11.6 Å². The molecule has 0 atom stereocenters. The molecule has 0 radical (unpaired) electrons. The number of hydrogen-bond donors (Lipinski definition) is 0. The molecule has 0 amide bonds. The molecule has 0 bridgehead atoms. The highest BCUT2D eigenvalue weighted by molar-refractivity contribution is 7.90. The van der Waals surface area contributed by atoms with Gasteiger partial charge in [-0.05, 0) is 55.5 Å². The number of hydrogen-bond acceptors (Lipinski definition) is 5. The molecule has 0 fully saturated rings. The number of ether oxygens (including phenoxy) is 1. The van der Waals surface area contributed by atoms with E-state index in [1.54, 1.807) is 18.2 Å². The van der Waals surface area contributed by atoms with Gasteiger partial charge in [-0.2, -0.15) is 13.2 Å². The normalized spacial score (nSPS) is 12.2. The first-order valence-corrected chi connectivity index (χ1v) is 11.8. The van der Waals surface area contributed by atoms with Crippen LogP contribution in [0.4, 0.5) is 13.2 Å². The highest BCUT2D eigenvalue weighted by atomic mass is 35.5. The average Bonchev–Trinajstić information content (AvgIpc) is 2.73. The van der Waals surface area contributed by atoms with Crippen molar-refractivity contribution in [3.8, 4) is 22.8 Å². The van der Waals surface area contributed by atoms with Crippen LogP contribution in [0.25, 0.3) is 22.2 Å². The van der Waals surface area contributed by atoms with Crippen LogP contribution in [0.1, 0.15) is 11.4 Å². The first-order chi connectivity index (χ1) is 15.4. The molecule has 0 saturated carbocycles. The van der Waals surface area contributed by atoms with E-state index in [0.29, 0.717) is 17.1 Å². The van der Waals surface area contributed by atoms with E-state index in [4.69, 9.17) is 16.3 Å². The molecule has 10 heteroatoms. The Kier molecular flexibility index (Phi) is 5.79. The molecule has 0 unspecified atom stereocenters. The molecule has 0 aliphatic carbocycles. The van der Waals surface area contributed by atoms with Crippen LogP contribution in [0, 0.1) is 6.92 Å². The molecule has 0 aliphatic rings. The van der Waals surface area contributed by atoms with Gasteiger partial charge in [0.1, 0.15) is 17.3 Å². The summed E-state index contributed by atoms with van der Waals surface area (Å²) in [5.41, 5.74) is -0.462. The van der Waals surface area contributed by atoms with Gasteiger partial charge in [-0.1, -0.05) is 23.7 Å². The SMILES string of the molecule is Cc1nc(-c2cc(Oc3ccc(S(C)(=O)=O)cc3)ccc2Cl)c2cccc(C(F)(F)F)c2n1. The van der Waals surface area contributed by atoms with Gasteiger partial charge in [-0.25, -0.2) is 18.4 Å². The Labute approximate surface area is 192 Å². The molecule has 0 aliphatic heterocycles. The summed E-state index contributed by atoms with van der Waals surface area (Å²) in [4.78, 5) is 8.53. The van der Waals surface area contributed by atoms with Gasteiger partial charge in [0.2, 0.25) is 0 Å². The fourth-order valence-corrected chi connectivity index (χ4v) is 4.18. The van der Waals surface area contributed by atoms with Crippen LogP contribution in [0.15, 0.2) is 65.6 Å². The largest absolute Gasteiger partial charge is 0.457 e. The standard InChI is InChI=1S/C23H16ClF3N2O3S/c1-13-28-21(17-4-3-5-19(22(17)29-13)23(25,26)27)18-12-15(8-11-20(18)24)32-14-6-9-16(10-7-14)33(2,30)31/h3-12H,1-2H3. The third kappa shape index (κ3) is 4.79. The van der Waals surface area contributed by atoms with Gasteiger partial charge in [0.05, 0.1) is 26.7 Å². The van der Waals surface area contributed by atoms with Crippen molar-refractivity contribution in [3.05, 3.63) is 77.1 Å². The van der Waals surface area contributed by atoms with Gasteiger partial charge in [-0.3, -0.25) is 0 Å². The van der Waals surface area contributed by atoms with E-state index in [1.165, 1.54) is 43.3 Å². The summed E-state index contributed by atoms with van der Waals surface area (Å²) in [5.74, 6) is 0.879. The summed E-state index contributed by atoms with van der Waals surface area (Å²) in [5, 5.41) is 0.471. The number of aromatic nitrogens is 2. The second kappa shape index (κ2) is 8.31. The van der Waals surface area contributed by atoms with Crippen molar-refractivity contribution in [1.82, 2.24) is 9.97 Å². The fraction of sp³-hybridized carbons (Fsp3) is 0.130. The van der Waals surface area contributed by atoms with E-state index in [9.17, 15) is 21.6 Å². The van der Waals surface area contributed by atoms with Crippen molar-refractivity contribution in [2.45, 2.75) is 18.0 Å². The van der Waals surface area contributed by atoms with Crippen LogP contribution in [0.2, 0.25) is 5.02 Å². The number of nitrogens with zero attached hydrogens (tertiary/aromatic N) is 2. The highest BCUT2D eigenvalue weighted by Gasteiger charge is 2.33. The molecule has 1 heterocycles. The van der Waals surface area contributed by atoms with Crippen molar-refractivity contribution in [1.29, 1.82) is 0 Å². The van der Waals surface area contributed by atoms with Crippen molar-refractivity contribution in [2.75, 3.05) is 6.26 Å². The van der Waals surface area contributed by atoms with Gasteiger partial charge in [0, 0.05) is 17.2 Å². The zero-order valence-electron chi connectivity index (χ0n) is 17.3. The van der Waals surface area contributed by atoms with Gasteiger partial charge in [0.15, 0.2) is 9.84 Å². The number of fused-ring (bicyclic) bond motifs is 1. The Hall–Kier alpha value is -3.17. The van der Waals surface area contributed by atoms with E-state index >= 15 is 0 Å². The predicted molar refractivity (Wildman–Crippen MR) is 119 cm³/mol. The minimum atomic E-state index is -4.58. The number of benzene rings is 3. The van der Waals surface area contributed by atoms with E-state index in [2.05, 4.69) is 9.97 Å². The molecule has 0 spiro atoms. The molecule has 1 aromatic heterocycles. The summed E-state index contributed by atoms with van der Waals surface area (Å²) in [6.45, 7) is 1.51. The van der Waals surface area contributed by atoms with Gasteiger partial charge in [0.25, 0.3) is 0 Å². The maximum atomic E-state index is 13.5. The fourth-order valence-electron chi connectivity index (χ4n) is 3.34. The Morgan fingerprint density at radius 2 is 1.61 bits per heavy atom. The summed E-state index contributed by atoms with van der Waals surface area (Å²) >= 11 is 6.38. The monoisotopic (exact) mass is 492 g/mol. The Morgan fingerprint density at radius 1 is 0.939 bits per heavy atom. The average molecular weight is 493 g/mol. The first-order valence-electron chi connectivity index (χ1n) is 9.56. The quantitative estimate of drug-likeness (QED) is 0.326. The predicted octanol–water partition coefficient (Wildman–Crippen LogP) is 6.47. The van der Waals surface area contributed by atoms with Gasteiger partial charge in [-0.15, -0.1) is 0 Å². The molecule has 0 N–H and O–H groups in total. The number of para-hydroxylation sites is 1. The van der Waals surface area contributed by atoms with Crippen LogP contribution in [-0.4, -0.2) is 24.6 Å². The van der Waals surface area contributed by atoms with E-state index in [1.807, 2.05) is 0 Å². The first kappa shape index (κ1) is 23.0. The molecule has 0 saturated heterocycles. The van der Waals surface area contributed by atoms with Crippen molar-refractivity contribution >= 4 is 32.3 Å². The number of alkyl halides is 3. The zero-order valence-corrected chi connectivity index (χ0v) is 18.9. The molecular weight excluding hydrogens is 477 g/mol. The smallest absolute Gasteiger partial charge is 0.418 e. The summed E-state index contributed by atoms with van der Waals surface area (Å²) < 4.78 is 69.6. The van der Waals surface area contributed by atoms with Crippen LogP contribution in [0.5, 0.6) is 11.5 Å². The lowest BCUT2D eigenvalue weighted by molar-refractivity contribution is -0.136. The Bertz CT molecular complexity index is 1470. The third-order valence-electron chi connectivity index (χ3n) is 4.82. The molecule has 4 rings (SSSR count). The van der Waals surface area contributed by atoms with Crippen molar-refractivity contribution in [3.63, 3.8) is 0 Å². The lowest BCUT2D eigenvalue weighted by Gasteiger charge is -2.14. The number of aryl methyl sites for hydroxylation is 1. The van der Waals surface area contributed by atoms with Crippen molar-refractivity contribution in [2.24, 2.45) is 0 Å². The van der Waals surface area contributed by atoms with Crippen molar-refractivity contribution < 1.29 is 26.3 Å². The van der Waals surface area contributed by atoms with E-state index < -0.39 is 21.6 Å². The molecule has 33 heavy (non-hydrogen) atoms. The summed E-state index contributed by atoms with van der Waals surface area (Å²) in [6.07, 6.45) is -3.48. The van der Waals surface area contributed by atoms with Gasteiger partial charge < -0.3 is 4.74 Å². The van der Waals surface area contributed by atoms with E-state index in [-0.39, 0.29) is 32.3 Å². The maximum Gasteiger partial charge on any atom is 0.418 e. The summed E-state index contributed by atoms with van der Waals surface area (Å²) in [7, 11) is -3.35. The molecular formula is C23H16ClF3N2O3S. The molecule has 4 aromatic rings. The molecule has 3 aromatic carbocycles. The van der Waals surface area contributed by atoms with E-state index in [0.717, 1.165) is 12.3 Å². The number of sulfone groups is 1. The van der Waals surface area contributed by atoms with Crippen LogP contribution in [0.3, 0.4) is 0 Å².